The smallest absolute Gasteiger partial charge is 0.247 e. The summed E-state index contributed by atoms with van der Waals surface area (Å²) in [5.74, 6) is -0.853. The molecule has 1 atom stereocenters. The van der Waals surface area contributed by atoms with Gasteiger partial charge in [-0.15, -0.1) is 0 Å². The van der Waals surface area contributed by atoms with Crippen LogP contribution in [-0.2, 0) is 21.4 Å². The van der Waals surface area contributed by atoms with Gasteiger partial charge in [-0.1, -0.05) is 59.3 Å². The number of fused-ring (bicyclic) bond motifs is 1. The molecule has 3 aromatic carbocycles. The zero-order valence-corrected chi connectivity index (χ0v) is 20.9. The molecule has 0 spiro atoms. The van der Waals surface area contributed by atoms with Gasteiger partial charge in [0, 0.05) is 11.6 Å². The van der Waals surface area contributed by atoms with Crippen molar-refractivity contribution in [1.29, 1.82) is 0 Å². The molecule has 0 saturated carbocycles. The van der Waals surface area contributed by atoms with Crippen molar-refractivity contribution in [3.63, 3.8) is 0 Å². The maximum atomic E-state index is 14.4. The Hall–Kier alpha value is -2.85. The standard InChI is InChI=1S/C25H21ClFN3O3S2/c26-18-11-13-19(14-12-18)35(32,33)30-15-5-9-21(30)24(31)29(16-17-6-2-1-3-7-17)25-28-23-20(27)8-4-10-22(23)34-25/h1-4,6-8,10-14,21H,5,9,15-16H2. The van der Waals surface area contributed by atoms with E-state index in [-0.39, 0.29) is 29.4 Å². The van der Waals surface area contributed by atoms with Crippen molar-refractivity contribution >= 4 is 54.2 Å². The molecule has 0 radical (unpaired) electrons. The maximum absolute atomic E-state index is 14.4. The Bertz CT molecular complexity index is 1480. The van der Waals surface area contributed by atoms with Crippen molar-refractivity contribution < 1.29 is 17.6 Å². The summed E-state index contributed by atoms with van der Waals surface area (Å²) in [5, 5.41) is 0.754. The predicted molar refractivity (Wildman–Crippen MR) is 136 cm³/mol. The van der Waals surface area contributed by atoms with Gasteiger partial charge in [0.05, 0.1) is 16.1 Å². The molecular formula is C25H21ClFN3O3S2. The highest BCUT2D eigenvalue weighted by atomic mass is 35.5. The van der Waals surface area contributed by atoms with Crippen molar-refractivity contribution in [3.8, 4) is 0 Å². The lowest BCUT2D eigenvalue weighted by molar-refractivity contribution is -0.121. The maximum Gasteiger partial charge on any atom is 0.247 e. The van der Waals surface area contributed by atoms with E-state index in [2.05, 4.69) is 4.98 Å². The van der Waals surface area contributed by atoms with Crippen molar-refractivity contribution in [2.75, 3.05) is 11.4 Å². The number of rotatable bonds is 6. The number of carbonyl (C=O) groups is 1. The van der Waals surface area contributed by atoms with E-state index in [1.165, 1.54) is 50.9 Å². The lowest BCUT2D eigenvalue weighted by atomic mass is 10.1. The summed E-state index contributed by atoms with van der Waals surface area (Å²) in [4.78, 5) is 19.9. The molecule has 4 aromatic rings. The summed E-state index contributed by atoms with van der Waals surface area (Å²) in [6, 6.07) is 19.0. The quantitative estimate of drug-likeness (QED) is 0.332. The molecule has 35 heavy (non-hydrogen) atoms. The van der Waals surface area contributed by atoms with Crippen LogP contribution in [0.25, 0.3) is 10.2 Å². The third-order valence-electron chi connectivity index (χ3n) is 5.95. The van der Waals surface area contributed by atoms with Gasteiger partial charge >= 0.3 is 0 Å². The molecule has 1 aromatic heterocycles. The highest BCUT2D eigenvalue weighted by Gasteiger charge is 2.42. The van der Waals surface area contributed by atoms with Gasteiger partial charge in [0.25, 0.3) is 0 Å². The molecule has 6 nitrogen and oxygen atoms in total. The molecule has 1 unspecified atom stereocenters. The summed E-state index contributed by atoms with van der Waals surface area (Å²) >= 11 is 7.13. The van der Waals surface area contributed by atoms with Crippen molar-refractivity contribution in [2.24, 2.45) is 0 Å². The molecule has 1 aliphatic rings. The lowest BCUT2D eigenvalue weighted by Crippen LogP contribution is -2.47. The summed E-state index contributed by atoms with van der Waals surface area (Å²) in [5.41, 5.74) is 1.04. The molecule has 10 heteroatoms. The summed E-state index contributed by atoms with van der Waals surface area (Å²) in [7, 11) is -3.92. The van der Waals surface area contributed by atoms with Crippen LogP contribution in [0.3, 0.4) is 0 Å². The second-order valence-electron chi connectivity index (χ2n) is 8.22. The number of hydrogen-bond acceptors (Lipinski definition) is 5. The monoisotopic (exact) mass is 529 g/mol. The van der Waals surface area contributed by atoms with Crippen molar-refractivity contribution in [2.45, 2.75) is 30.3 Å². The molecule has 2 heterocycles. The number of halogens is 2. The van der Waals surface area contributed by atoms with Gasteiger partial charge in [-0.3, -0.25) is 9.69 Å². The SMILES string of the molecule is O=C(C1CCCN1S(=O)(=O)c1ccc(Cl)cc1)N(Cc1ccccc1)c1nc2c(F)cccc2s1. The van der Waals surface area contributed by atoms with E-state index in [9.17, 15) is 17.6 Å². The van der Waals surface area contributed by atoms with Crippen molar-refractivity contribution in [1.82, 2.24) is 9.29 Å². The third kappa shape index (κ3) is 4.69. The minimum atomic E-state index is -3.92. The van der Waals surface area contributed by atoms with Crippen LogP contribution >= 0.6 is 22.9 Å². The minimum absolute atomic E-state index is 0.0817. The Morgan fingerprint density at radius 3 is 2.54 bits per heavy atom. The number of aromatic nitrogens is 1. The predicted octanol–water partition coefficient (Wildman–Crippen LogP) is 5.48. The number of sulfonamides is 1. The first-order valence-electron chi connectivity index (χ1n) is 11.0. The molecule has 1 aliphatic heterocycles. The van der Waals surface area contributed by atoms with Gasteiger partial charge < -0.3 is 0 Å². The molecule has 0 aliphatic carbocycles. The number of para-hydroxylation sites is 1. The Morgan fingerprint density at radius 2 is 1.83 bits per heavy atom. The molecule has 5 rings (SSSR count). The number of amides is 1. The molecule has 1 saturated heterocycles. The highest BCUT2D eigenvalue weighted by molar-refractivity contribution is 7.89. The zero-order chi connectivity index (χ0) is 24.6. The normalized spacial score (nSPS) is 16.6. The number of hydrogen-bond donors (Lipinski definition) is 0. The van der Waals surface area contributed by atoms with Crippen LogP contribution in [0.2, 0.25) is 5.02 Å². The van der Waals surface area contributed by atoms with Crippen LogP contribution in [-0.4, -0.2) is 36.2 Å². The zero-order valence-electron chi connectivity index (χ0n) is 18.5. The van der Waals surface area contributed by atoms with Gasteiger partial charge in [-0.05, 0) is 54.8 Å². The lowest BCUT2D eigenvalue weighted by Gasteiger charge is -2.28. The van der Waals surface area contributed by atoms with Crippen LogP contribution < -0.4 is 4.90 Å². The summed E-state index contributed by atoms with van der Waals surface area (Å²) in [6.07, 6.45) is 0.938. The van der Waals surface area contributed by atoms with Gasteiger partial charge in [-0.25, -0.2) is 17.8 Å². The van der Waals surface area contributed by atoms with E-state index < -0.39 is 21.9 Å². The molecule has 1 amide bonds. The van der Waals surface area contributed by atoms with Crippen LogP contribution in [0.4, 0.5) is 9.52 Å². The van der Waals surface area contributed by atoms with Crippen LogP contribution in [0.5, 0.6) is 0 Å². The second kappa shape index (κ2) is 9.66. The van der Waals surface area contributed by atoms with E-state index in [1.807, 2.05) is 30.3 Å². The fraction of sp³-hybridized carbons (Fsp3) is 0.200. The third-order valence-corrected chi connectivity index (χ3v) is 9.17. The summed E-state index contributed by atoms with van der Waals surface area (Å²) in [6.45, 7) is 0.418. The van der Waals surface area contributed by atoms with E-state index >= 15 is 0 Å². The number of thiazole rings is 1. The topological polar surface area (TPSA) is 70.6 Å². The van der Waals surface area contributed by atoms with Crippen LogP contribution in [0, 0.1) is 5.82 Å². The largest absolute Gasteiger partial charge is 0.282 e. The summed E-state index contributed by atoms with van der Waals surface area (Å²) < 4.78 is 43.1. The number of anilines is 1. The molecule has 1 fully saturated rings. The Balaban J connectivity index is 1.53. The van der Waals surface area contributed by atoms with Gasteiger partial charge in [0.15, 0.2) is 5.13 Å². The van der Waals surface area contributed by atoms with E-state index in [0.29, 0.717) is 27.7 Å². The molecule has 180 valence electrons. The van der Waals surface area contributed by atoms with Gasteiger partial charge in [0.2, 0.25) is 15.9 Å². The molecular weight excluding hydrogens is 509 g/mol. The van der Waals surface area contributed by atoms with Crippen LogP contribution in [0.1, 0.15) is 18.4 Å². The fourth-order valence-corrected chi connectivity index (χ4v) is 6.98. The number of nitrogens with zero attached hydrogens (tertiary/aromatic N) is 3. The van der Waals surface area contributed by atoms with Gasteiger partial charge in [-0.2, -0.15) is 4.31 Å². The fourth-order valence-electron chi connectivity index (χ4n) is 4.22. The average Bonchev–Trinajstić information content (AvgIpc) is 3.52. The number of carbonyl (C=O) groups excluding carboxylic acids is 1. The first kappa shape index (κ1) is 23.9. The Kier molecular flexibility index (Phi) is 6.59. The highest BCUT2D eigenvalue weighted by Crippen LogP contribution is 2.34. The Morgan fingerprint density at radius 1 is 1.09 bits per heavy atom. The van der Waals surface area contributed by atoms with E-state index in [1.54, 1.807) is 12.1 Å². The minimum Gasteiger partial charge on any atom is -0.282 e. The average molecular weight is 530 g/mol. The van der Waals surface area contributed by atoms with E-state index in [0.717, 1.165) is 5.56 Å². The second-order valence-corrected chi connectivity index (χ2v) is 11.6. The Labute approximate surface area is 211 Å². The molecule has 0 N–H and O–H groups in total. The van der Waals surface area contributed by atoms with Crippen LogP contribution in [0.15, 0.2) is 77.7 Å². The number of benzene rings is 3. The van der Waals surface area contributed by atoms with E-state index in [4.69, 9.17) is 11.6 Å². The first-order valence-corrected chi connectivity index (χ1v) is 13.7. The first-order chi connectivity index (χ1) is 16.8. The van der Waals surface area contributed by atoms with Gasteiger partial charge in [0.1, 0.15) is 17.4 Å². The molecule has 0 bridgehead atoms. The van der Waals surface area contributed by atoms with Crippen molar-refractivity contribution in [3.05, 3.63) is 89.2 Å².